The smallest absolute Gasteiger partial charge is 0.101 e. The third kappa shape index (κ3) is 36.2. The Balaban J connectivity index is 2.18. The Labute approximate surface area is 350 Å². The molecule has 0 aromatic carbocycles. The normalized spacial score (nSPS) is 14.3. The van der Waals surface area contributed by atoms with E-state index in [0.717, 1.165) is 0 Å². The van der Waals surface area contributed by atoms with Crippen molar-refractivity contribution in [3.05, 3.63) is 12.4 Å². The van der Waals surface area contributed by atoms with Gasteiger partial charge in [0.15, 0.2) is 0 Å². The molecule has 0 N–H and O–H groups in total. The lowest BCUT2D eigenvalue weighted by atomic mass is 10.0. The Kier molecular flexibility index (Phi) is 42.3. The quantitative estimate of drug-likeness (QED) is 0.0569. The zero-order valence-corrected chi connectivity index (χ0v) is 38.9. The highest BCUT2D eigenvalue weighted by atomic mass is 15.4. The first-order chi connectivity index (χ1) is 27.3. The van der Waals surface area contributed by atoms with Gasteiger partial charge in [0.2, 0.25) is 0 Å². The molecule has 1 aliphatic rings. The van der Waals surface area contributed by atoms with E-state index in [1.165, 1.54) is 302 Å². The lowest BCUT2D eigenvalue weighted by Crippen LogP contribution is -2.39. The van der Waals surface area contributed by atoms with E-state index in [4.69, 9.17) is 0 Å². The van der Waals surface area contributed by atoms with Crippen LogP contribution in [0, 0.1) is 0 Å². The lowest BCUT2D eigenvalue weighted by Gasteiger charge is -2.33. The summed E-state index contributed by atoms with van der Waals surface area (Å²) in [5.74, 6) is 0. The summed E-state index contributed by atoms with van der Waals surface area (Å²) in [7, 11) is 0. The summed E-state index contributed by atoms with van der Waals surface area (Å²) in [4.78, 5) is 5.49. The van der Waals surface area contributed by atoms with Gasteiger partial charge in [-0.2, -0.15) is 0 Å². The predicted molar refractivity (Wildman–Crippen MR) is 251 cm³/mol. The van der Waals surface area contributed by atoms with Crippen LogP contribution < -0.4 is 0 Å². The molecule has 1 rings (SSSR count). The van der Waals surface area contributed by atoms with Gasteiger partial charge in [0.05, 0.1) is 0 Å². The van der Waals surface area contributed by atoms with Gasteiger partial charge in [-0.05, 0) is 25.7 Å². The number of rotatable bonds is 47. The minimum Gasteiger partial charge on any atom is -0.356 e. The molecule has 2 nitrogen and oxygen atoms in total. The topological polar surface area (TPSA) is 6.48 Å². The Morgan fingerprint density at radius 2 is 0.418 bits per heavy atom. The van der Waals surface area contributed by atoms with E-state index in [1.54, 1.807) is 0 Å². The van der Waals surface area contributed by atoms with Crippen molar-refractivity contribution < 1.29 is 0 Å². The molecule has 0 aromatic rings. The average molecular weight is 771 g/mol. The van der Waals surface area contributed by atoms with Crippen LogP contribution in [0.4, 0.5) is 0 Å². The summed E-state index contributed by atoms with van der Waals surface area (Å²) < 4.78 is 0. The van der Waals surface area contributed by atoms with Crippen molar-refractivity contribution in [2.75, 3.05) is 13.1 Å². The van der Waals surface area contributed by atoms with Gasteiger partial charge in [-0.25, -0.2) is 0 Å². The highest BCUT2D eigenvalue weighted by Crippen LogP contribution is 2.24. The predicted octanol–water partition coefficient (Wildman–Crippen LogP) is 19.0. The fraction of sp³-hybridized carbons (Fsp3) is 0.962. The van der Waals surface area contributed by atoms with E-state index in [1.807, 2.05) is 0 Å². The van der Waals surface area contributed by atoms with Crippen LogP contribution in [0.3, 0.4) is 0 Å². The molecule has 1 unspecified atom stereocenters. The minimum atomic E-state index is 0.635. The maximum Gasteiger partial charge on any atom is 0.101 e. The first kappa shape index (κ1) is 52.4. The van der Waals surface area contributed by atoms with Crippen molar-refractivity contribution in [1.82, 2.24) is 9.80 Å². The van der Waals surface area contributed by atoms with Crippen LogP contribution in [0.2, 0.25) is 0 Å². The van der Waals surface area contributed by atoms with Crippen LogP contribution in [0.15, 0.2) is 12.4 Å². The highest BCUT2D eigenvalue weighted by Gasteiger charge is 2.25. The molecule has 0 amide bonds. The zero-order valence-electron chi connectivity index (χ0n) is 38.9. The summed E-state index contributed by atoms with van der Waals surface area (Å²) in [6.07, 6.45) is 70.8. The van der Waals surface area contributed by atoms with E-state index in [-0.39, 0.29) is 0 Å². The summed E-state index contributed by atoms with van der Waals surface area (Å²) in [6.45, 7) is 9.50. The van der Waals surface area contributed by atoms with E-state index < -0.39 is 0 Å². The zero-order chi connectivity index (χ0) is 39.4. The molecule has 0 fully saturated rings. The Hall–Kier alpha value is -0.660. The summed E-state index contributed by atoms with van der Waals surface area (Å²) in [6, 6.07) is 0. The maximum atomic E-state index is 2.75. The fourth-order valence-corrected chi connectivity index (χ4v) is 9.19. The van der Waals surface area contributed by atoms with Crippen LogP contribution in [0.1, 0.15) is 310 Å². The van der Waals surface area contributed by atoms with Crippen LogP contribution in [-0.2, 0) is 0 Å². The van der Waals surface area contributed by atoms with Crippen LogP contribution >= 0.6 is 0 Å². The number of unbranched alkanes of at least 4 members (excludes halogenated alkanes) is 41. The van der Waals surface area contributed by atoms with Crippen molar-refractivity contribution in [1.29, 1.82) is 0 Å². The Morgan fingerprint density at radius 3 is 0.636 bits per heavy atom. The second-order valence-corrected chi connectivity index (χ2v) is 18.5. The standard InChI is InChI=1S/C53H106N2/c1-4-7-10-13-16-19-22-25-27-28-30-32-35-38-41-44-47-50-55-52-51-54(49-46-43-40-37-34-24-21-18-15-12-9-6-3)53(55)48-45-42-39-36-33-31-29-26-23-20-17-14-11-8-5-2/h51-53H,4-50H2,1-3H3. The molecule has 0 bridgehead atoms. The molecular formula is C53H106N2. The van der Waals surface area contributed by atoms with Gasteiger partial charge in [0.25, 0.3) is 0 Å². The molecule has 0 aliphatic carbocycles. The Morgan fingerprint density at radius 1 is 0.236 bits per heavy atom. The first-order valence-electron chi connectivity index (χ1n) is 26.5. The summed E-state index contributed by atoms with van der Waals surface area (Å²) in [5, 5.41) is 0. The van der Waals surface area contributed by atoms with Crippen molar-refractivity contribution in [3.63, 3.8) is 0 Å². The molecule has 55 heavy (non-hydrogen) atoms. The first-order valence-corrected chi connectivity index (χ1v) is 26.5. The van der Waals surface area contributed by atoms with Crippen LogP contribution in [0.5, 0.6) is 0 Å². The van der Waals surface area contributed by atoms with Crippen molar-refractivity contribution >= 4 is 0 Å². The van der Waals surface area contributed by atoms with Gasteiger partial charge in [-0.15, -0.1) is 0 Å². The summed E-state index contributed by atoms with van der Waals surface area (Å²) >= 11 is 0. The molecular weight excluding hydrogens is 665 g/mol. The van der Waals surface area contributed by atoms with E-state index >= 15 is 0 Å². The molecule has 0 saturated heterocycles. The molecule has 1 atom stereocenters. The van der Waals surface area contributed by atoms with Crippen LogP contribution in [-0.4, -0.2) is 29.1 Å². The maximum absolute atomic E-state index is 2.75. The SMILES string of the molecule is CCCCCCCCCCCCCCCCCCCN1C=CN(CCCCCCCCCCCCCC)C1CCCCCCCCCCCCCCCCC. The molecule has 0 saturated carbocycles. The number of hydrogen-bond acceptors (Lipinski definition) is 2. The van der Waals surface area contributed by atoms with Gasteiger partial charge in [0, 0.05) is 25.5 Å². The largest absolute Gasteiger partial charge is 0.356 e. The number of nitrogens with zero attached hydrogens (tertiary/aromatic N) is 2. The van der Waals surface area contributed by atoms with Crippen molar-refractivity contribution in [3.8, 4) is 0 Å². The van der Waals surface area contributed by atoms with Gasteiger partial charge in [-0.3, -0.25) is 0 Å². The molecule has 2 heteroatoms. The summed E-state index contributed by atoms with van der Waals surface area (Å²) in [5.41, 5.74) is 0. The third-order valence-electron chi connectivity index (χ3n) is 13.1. The molecule has 0 radical (unpaired) electrons. The molecule has 0 aromatic heterocycles. The van der Waals surface area contributed by atoms with Crippen molar-refractivity contribution in [2.45, 2.75) is 316 Å². The fourth-order valence-electron chi connectivity index (χ4n) is 9.19. The van der Waals surface area contributed by atoms with Gasteiger partial charge in [0.1, 0.15) is 6.17 Å². The monoisotopic (exact) mass is 771 g/mol. The van der Waals surface area contributed by atoms with E-state index in [0.29, 0.717) is 6.17 Å². The molecule has 1 aliphatic heterocycles. The average Bonchev–Trinajstić information content (AvgIpc) is 3.58. The number of hydrogen-bond donors (Lipinski definition) is 0. The second-order valence-electron chi connectivity index (χ2n) is 18.5. The molecule has 1 heterocycles. The highest BCUT2D eigenvalue weighted by molar-refractivity contribution is 4.97. The minimum absolute atomic E-state index is 0.635. The van der Waals surface area contributed by atoms with Gasteiger partial charge < -0.3 is 9.80 Å². The molecule has 0 spiro atoms. The Bertz CT molecular complexity index is 732. The van der Waals surface area contributed by atoms with Gasteiger partial charge >= 0.3 is 0 Å². The second kappa shape index (κ2) is 44.4. The van der Waals surface area contributed by atoms with E-state index in [2.05, 4.69) is 43.0 Å². The third-order valence-corrected chi connectivity index (χ3v) is 13.1. The molecule has 328 valence electrons. The lowest BCUT2D eigenvalue weighted by molar-refractivity contribution is 0.135. The van der Waals surface area contributed by atoms with Gasteiger partial charge in [-0.1, -0.05) is 284 Å². The van der Waals surface area contributed by atoms with Crippen LogP contribution in [0.25, 0.3) is 0 Å². The van der Waals surface area contributed by atoms with E-state index in [9.17, 15) is 0 Å². The van der Waals surface area contributed by atoms with Crippen molar-refractivity contribution in [2.24, 2.45) is 0 Å².